The molecule has 0 amide bonds. The monoisotopic (exact) mass is 194 g/mol. The number of hydrogen-bond acceptors (Lipinski definition) is 5. The van der Waals surface area contributed by atoms with Crippen molar-refractivity contribution in [2.45, 2.75) is 6.54 Å². The second kappa shape index (κ2) is 3.82. The van der Waals surface area contributed by atoms with Crippen LogP contribution < -0.4 is 5.32 Å². The Morgan fingerprint density at radius 3 is 3.07 bits per heavy atom. The van der Waals surface area contributed by atoms with E-state index >= 15 is 0 Å². The smallest absolute Gasteiger partial charge is 0.315 e. The highest BCUT2D eigenvalue weighted by molar-refractivity contribution is 5.21. The van der Waals surface area contributed by atoms with Crippen LogP contribution in [0.25, 0.3) is 0 Å². The molecule has 2 aromatic heterocycles. The SMILES string of the molecule is Fc1cncc(CNc2nnco2)c1. The molecule has 0 unspecified atom stereocenters. The van der Waals surface area contributed by atoms with Crippen molar-refractivity contribution in [1.82, 2.24) is 15.2 Å². The van der Waals surface area contributed by atoms with Crippen LogP contribution in [0.15, 0.2) is 29.3 Å². The average molecular weight is 194 g/mol. The summed E-state index contributed by atoms with van der Waals surface area (Å²) in [7, 11) is 0. The lowest BCUT2D eigenvalue weighted by Crippen LogP contribution is -2.00. The van der Waals surface area contributed by atoms with Gasteiger partial charge in [0.15, 0.2) is 0 Å². The lowest BCUT2D eigenvalue weighted by Gasteiger charge is -2.00. The molecule has 2 heterocycles. The minimum Gasteiger partial charge on any atom is -0.411 e. The molecule has 2 aromatic rings. The number of anilines is 1. The Hall–Kier alpha value is -1.98. The summed E-state index contributed by atoms with van der Waals surface area (Å²) in [6, 6.07) is 1.69. The summed E-state index contributed by atoms with van der Waals surface area (Å²) >= 11 is 0. The molecule has 1 N–H and O–H groups in total. The van der Waals surface area contributed by atoms with Crippen molar-refractivity contribution in [2.24, 2.45) is 0 Å². The molecule has 0 radical (unpaired) electrons. The van der Waals surface area contributed by atoms with E-state index in [1.165, 1.54) is 12.5 Å². The van der Waals surface area contributed by atoms with Crippen LogP contribution in [0.1, 0.15) is 5.56 Å². The maximum absolute atomic E-state index is 12.7. The van der Waals surface area contributed by atoms with Crippen molar-refractivity contribution in [3.8, 4) is 0 Å². The Bertz CT molecular complexity index is 403. The highest BCUT2D eigenvalue weighted by Gasteiger charge is 1.99. The highest BCUT2D eigenvalue weighted by Crippen LogP contribution is 2.04. The van der Waals surface area contributed by atoms with Crippen molar-refractivity contribution >= 4 is 6.01 Å². The van der Waals surface area contributed by atoms with Gasteiger partial charge in [-0.2, -0.15) is 0 Å². The number of aromatic nitrogens is 3. The number of halogens is 1. The van der Waals surface area contributed by atoms with Crippen LogP contribution in [0.4, 0.5) is 10.4 Å². The van der Waals surface area contributed by atoms with Gasteiger partial charge in [-0.25, -0.2) is 4.39 Å². The van der Waals surface area contributed by atoms with Gasteiger partial charge in [-0.15, -0.1) is 5.10 Å². The molecule has 72 valence electrons. The molecule has 6 heteroatoms. The maximum atomic E-state index is 12.7. The van der Waals surface area contributed by atoms with Gasteiger partial charge in [0, 0.05) is 12.7 Å². The Balaban J connectivity index is 1.98. The van der Waals surface area contributed by atoms with Crippen molar-refractivity contribution in [1.29, 1.82) is 0 Å². The number of hydrogen-bond donors (Lipinski definition) is 1. The third kappa shape index (κ3) is 2.03. The van der Waals surface area contributed by atoms with Crippen LogP contribution in [0.5, 0.6) is 0 Å². The quantitative estimate of drug-likeness (QED) is 0.795. The van der Waals surface area contributed by atoms with E-state index in [-0.39, 0.29) is 5.82 Å². The summed E-state index contributed by atoms with van der Waals surface area (Å²) < 4.78 is 17.5. The first-order valence-corrected chi connectivity index (χ1v) is 3.94. The molecular weight excluding hydrogens is 187 g/mol. The highest BCUT2D eigenvalue weighted by atomic mass is 19.1. The fourth-order valence-corrected chi connectivity index (χ4v) is 0.980. The molecule has 0 aliphatic heterocycles. The molecule has 0 bridgehead atoms. The molecular formula is C8H7FN4O. The van der Waals surface area contributed by atoms with Crippen LogP contribution in [-0.4, -0.2) is 15.2 Å². The van der Waals surface area contributed by atoms with Gasteiger partial charge in [0.05, 0.1) is 6.20 Å². The zero-order valence-electron chi connectivity index (χ0n) is 7.14. The first-order chi connectivity index (χ1) is 6.84. The molecule has 0 fully saturated rings. The zero-order chi connectivity index (χ0) is 9.80. The molecule has 14 heavy (non-hydrogen) atoms. The fraction of sp³-hybridized carbons (Fsp3) is 0.125. The van der Waals surface area contributed by atoms with Gasteiger partial charge in [0.1, 0.15) is 5.82 Å². The minimum atomic E-state index is -0.366. The molecule has 5 nitrogen and oxygen atoms in total. The van der Waals surface area contributed by atoms with E-state index in [1.807, 2.05) is 0 Å². The predicted octanol–water partition coefficient (Wildman–Crippen LogP) is 1.22. The van der Waals surface area contributed by atoms with Crippen molar-refractivity contribution < 1.29 is 8.81 Å². The Morgan fingerprint density at radius 2 is 2.36 bits per heavy atom. The number of rotatable bonds is 3. The summed E-state index contributed by atoms with van der Waals surface area (Å²) in [6.45, 7) is 0.396. The Labute approximate surface area is 79.0 Å². The molecule has 0 aliphatic rings. The second-order valence-electron chi connectivity index (χ2n) is 2.61. The van der Waals surface area contributed by atoms with Gasteiger partial charge in [0.2, 0.25) is 6.39 Å². The van der Waals surface area contributed by atoms with Gasteiger partial charge < -0.3 is 9.73 Å². The van der Waals surface area contributed by atoms with E-state index < -0.39 is 0 Å². The minimum absolute atomic E-state index is 0.300. The van der Waals surface area contributed by atoms with Crippen molar-refractivity contribution in [3.63, 3.8) is 0 Å². The molecule has 0 atom stereocenters. The largest absolute Gasteiger partial charge is 0.411 e. The Kier molecular flexibility index (Phi) is 2.35. The molecule has 0 aromatic carbocycles. The first-order valence-electron chi connectivity index (χ1n) is 3.94. The lowest BCUT2D eigenvalue weighted by atomic mass is 10.3. The molecule has 0 spiro atoms. The van der Waals surface area contributed by atoms with Crippen LogP contribution in [0, 0.1) is 5.82 Å². The summed E-state index contributed by atoms with van der Waals surface area (Å²) in [5.74, 6) is -0.366. The second-order valence-corrected chi connectivity index (χ2v) is 2.61. The van der Waals surface area contributed by atoms with E-state index in [2.05, 4.69) is 20.5 Å². The van der Waals surface area contributed by atoms with E-state index in [0.717, 1.165) is 6.20 Å². The van der Waals surface area contributed by atoms with E-state index in [0.29, 0.717) is 18.1 Å². The van der Waals surface area contributed by atoms with Gasteiger partial charge in [-0.1, -0.05) is 5.10 Å². The van der Waals surface area contributed by atoms with Gasteiger partial charge in [0.25, 0.3) is 0 Å². The molecule has 0 aliphatic carbocycles. The molecule has 0 saturated heterocycles. The van der Waals surface area contributed by atoms with Gasteiger partial charge >= 0.3 is 6.01 Å². The summed E-state index contributed by atoms with van der Waals surface area (Å²) in [4.78, 5) is 3.70. The lowest BCUT2D eigenvalue weighted by molar-refractivity contribution is 0.565. The van der Waals surface area contributed by atoms with Crippen LogP contribution in [0.3, 0.4) is 0 Å². The van der Waals surface area contributed by atoms with Crippen molar-refractivity contribution in [3.05, 3.63) is 36.2 Å². The van der Waals surface area contributed by atoms with Crippen molar-refractivity contribution in [2.75, 3.05) is 5.32 Å². The van der Waals surface area contributed by atoms with Gasteiger partial charge in [-0.05, 0) is 11.6 Å². The third-order valence-electron chi connectivity index (χ3n) is 1.57. The van der Waals surface area contributed by atoms with Crippen LogP contribution in [-0.2, 0) is 6.54 Å². The number of nitrogens with zero attached hydrogens (tertiary/aromatic N) is 3. The maximum Gasteiger partial charge on any atom is 0.315 e. The molecule has 0 saturated carbocycles. The van der Waals surface area contributed by atoms with E-state index in [1.54, 1.807) is 6.20 Å². The summed E-state index contributed by atoms with van der Waals surface area (Å²) in [6.07, 6.45) is 3.93. The predicted molar refractivity (Wildman–Crippen MR) is 45.8 cm³/mol. The molecule has 2 rings (SSSR count). The topological polar surface area (TPSA) is 63.8 Å². The van der Waals surface area contributed by atoms with Crippen LogP contribution in [0.2, 0.25) is 0 Å². The number of nitrogens with one attached hydrogen (secondary N) is 1. The van der Waals surface area contributed by atoms with E-state index in [4.69, 9.17) is 4.42 Å². The van der Waals surface area contributed by atoms with Gasteiger partial charge in [-0.3, -0.25) is 4.98 Å². The van der Waals surface area contributed by atoms with E-state index in [9.17, 15) is 4.39 Å². The summed E-state index contributed by atoms with van der Waals surface area (Å²) in [5, 5.41) is 9.92. The fourth-order valence-electron chi connectivity index (χ4n) is 0.980. The zero-order valence-corrected chi connectivity index (χ0v) is 7.14. The number of pyridine rings is 1. The average Bonchev–Trinajstić information content (AvgIpc) is 2.67. The van der Waals surface area contributed by atoms with Crippen LogP contribution >= 0.6 is 0 Å². The standard InChI is InChI=1S/C8H7FN4O/c9-7-1-6(2-10-4-7)3-11-8-13-12-5-14-8/h1-2,4-5H,3H2,(H,11,13). The Morgan fingerprint density at radius 1 is 1.43 bits per heavy atom. The third-order valence-corrected chi connectivity index (χ3v) is 1.57. The first kappa shape index (κ1) is 8.61. The normalized spacial score (nSPS) is 10.1. The summed E-state index contributed by atoms with van der Waals surface area (Å²) in [5.41, 5.74) is 0.711.